The molecule has 2 N–H and O–H groups in total. The molecule has 142 valence electrons. The summed E-state index contributed by atoms with van der Waals surface area (Å²) in [5.74, 6) is 0.546. The standard InChI is InChI=1S/C18H29FN4O.HI/c1-5-20-18(21-11-16-12-23(4)8-9-24-16)22-14(3)15-7-6-13(2)17(19)10-15;/h6-7,10,14,16H,5,8-9,11-12H2,1-4H3,(H2,20,21,22);1H. The average molecular weight is 464 g/mol. The van der Waals surface area contributed by atoms with Gasteiger partial charge in [-0.3, -0.25) is 4.99 Å². The molecule has 7 heteroatoms. The fourth-order valence-electron chi connectivity index (χ4n) is 2.66. The van der Waals surface area contributed by atoms with Crippen LogP contribution in [0.2, 0.25) is 0 Å². The molecular weight excluding hydrogens is 434 g/mol. The van der Waals surface area contributed by atoms with Crippen molar-refractivity contribution in [3.05, 3.63) is 35.1 Å². The monoisotopic (exact) mass is 464 g/mol. The highest BCUT2D eigenvalue weighted by Gasteiger charge is 2.17. The maximum atomic E-state index is 13.8. The van der Waals surface area contributed by atoms with E-state index in [9.17, 15) is 4.39 Å². The second kappa shape index (κ2) is 10.9. The number of hydrogen-bond acceptors (Lipinski definition) is 3. The molecule has 0 amide bonds. The van der Waals surface area contributed by atoms with Gasteiger partial charge in [-0.2, -0.15) is 0 Å². The van der Waals surface area contributed by atoms with Crippen molar-refractivity contribution in [2.24, 2.45) is 4.99 Å². The number of aliphatic imine (C=N–C) groups is 1. The van der Waals surface area contributed by atoms with Crippen LogP contribution in [0.1, 0.15) is 31.0 Å². The molecule has 1 heterocycles. The van der Waals surface area contributed by atoms with Crippen LogP contribution in [0.25, 0.3) is 0 Å². The fraction of sp³-hybridized carbons (Fsp3) is 0.611. The first-order valence-electron chi connectivity index (χ1n) is 8.60. The van der Waals surface area contributed by atoms with Crippen molar-refractivity contribution in [2.75, 3.05) is 39.8 Å². The highest BCUT2D eigenvalue weighted by Crippen LogP contribution is 2.16. The smallest absolute Gasteiger partial charge is 0.191 e. The Morgan fingerprint density at radius 1 is 1.48 bits per heavy atom. The quantitative estimate of drug-likeness (QED) is 0.400. The Morgan fingerprint density at radius 2 is 2.24 bits per heavy atom. The molecule has 1 fully saturated rings. The third kappa shape index (κ3) is 7.07. The maximum Gasteiger partial charge on any atom is 0.191 e. The molecule has 0 bridgehead atoms. The van der Waals surface area contributed by atoms with Gasteiger partial charge in [0.2, 0.25) is 0 Å². The number of aryl methyl sites for hydroxylation is 1. The summed E-state index contributed by atoms with van der Waals surface area (Å²) in [4.78, 5) is 6.88. The number of rotatable bonds is 5. The molecule has 0 spiro atoms. The molecule has 1 saturated heterocycles. The van der Waals surface area contributed by atoms with Gasteiger partial charge >= 0.3 is 0 Å². The molecule has 1 aromatic rings. The molecule has 0 saturated carbocycles. The molecule has 0 aromatic heterocycles. The topological polar surface area (TPSA) is 48.9 Å². The van der Waals surface area contributed by atoms with E-state index in [0.717, 1.165) is 37.8 Å². The fourth-order valence-corrected chi connectivity index (χ4v) is 2.66. The van der Waals surface area contributed by atoms with Crippen LogP contribution in [0.4, 0.5) is 4.39 Å². The molecule has 5 nitrogen and oxygen atoms in total. The van der Waals surface area contributed by atoms with Crippen molar-refractivity contribution in [1.82, 2.24) is 15.5 Å². The summed E-state index contributed by atoms with van der Waals surface area (Å²) in [6.45, 7) is 9.78. The predicted octanol–water partition coefficient (Wildman–Crippen LogP) is 2.70. The van der Waals surface area contributed by atoms with E-state index in [-0.39, 0.29) is 41.9 Å². The highest BCUT2D eigenvalue weighted by molar-refractivity contribution is 14.0. The van der Waals surface area contributed by atoms with Gasteiger partial charge in [0.1, 0.15) is 5.82 Å². The maximum absolute atomic E-state index is 13.8. The zero-order chi connectivity index (χ0) is 17.5. The molecule has 25 heavy (non-hydrogen) atoms. The summed E-state index contributed by atoms with van der Waals surface area (Å²) in [5.41, 5.74) is 1.56. The van der Waals surface area contributed by atoms with E-state index in [1.807, 2.05) is 19.9 Å². The summed E-state index contributed by atoms with van der Waals surface area (Å²) in [7, 11) is 2.09. The van der Waals surface area contributed by atoms with Crippen LogP contribution in [0, 0.1) is 12.7 Å². The normalized spacial score (nSPS) is 19.9. The Morgan fingerprint density at radius 3 is 2.88 bits per heavy atom. The molecule has 2 atom stereocenters. The lowest BCUT2D eigenvalue weighted by Crippen LogP contribution is -2.43. The van der Waals surface area contributed by atoms with Crippen LogP contribution >= 0.6 is 24.0 Å². The number of guanidine groups is 1. The molecule has 0 aliphatic carbocycles. The lowest BCUT2D eigenvalue weighted by molar-refractivity contribution is -0.0136. The van der Waals surface area contributed by atoms with Crippen LogP contribution < -0.4 is 10.6 Å². The van der Waals surface area contributed by atoms with Crippen molar-refractivity contribution in [1.29, 1.82) is 0 Å². The lowest BCUT2D eigenvalue weighted by Gasteiger charge is -2.29. The minimum absolute atomic E-state index is 0. The van der Waals surface area contributed by atoms with Crippen LogP contribution in [0.3, 0.4) is 0 Å². The Bertz CT molecular complexity index is 570. The molecule has 2 rings (SSSR count). The molecule has 1 aliphatic heterocycles. The van der Waals surface area contributed by atoms with Crippen LogP contribution in [-0.4, -0.2) is 56.8 Å². The van der Waals surface area contributed by atoms with Crippen molar-refractivity contribution in [2.45, 2.75) is 32.9 Å². The van der Waals surface area contributed by atoms with Crippen LogP contribution in [0.15, 0.2) is 23.2 Å². The summed E-state index contributed by atoms with van der Waals surface area (Å²) in [6, 6.07) is 5.29. The van der Waals surface area contributed by atoms with Gasteiger partial charge in [-0.1, -0.05) is 12.1 Å². The van der Waals surface area contributed by atoms with Gasteiger partial charge < -0.3 is 20.3 Å². The van der Waals surface area contributed by atoms with Crippen LogP contribution in [0.5, 0.6) is 0 Å². The van der Waals surface area contributed by atoms with E-state index in [4.69, 9.17) is 4.74 Å². The molecule has 2 unspecified atom stereocenters. The minimum Gasteiger partial charge on any atom is -0.374 e. The van der Waals surface area contributed by atoms with Gasteiger partial charge in [0, 0.05) is 19.6 Å². The zero-order valence-electron chi connectivity index (χ0n) is 15.5. The number of nitrogens with zero attached hydrogens (tertiary/aromatic N) is 2. The first-order valence-corrected chi connectivity index (χ1v) is 8.60. The van der Waals surface area contributed by atoms with Gasteiger partial charge in [0.05, 0.1) is 25.3 Å². The van der Waals surface area contributed by atoms with Crippen molar-refractivity contribution < 1.29 is 9.13 Å². The lowest BCUT2D eigenvalue weighted by atomic mass is 10.1. The van der Waals surface area contributed by atoms with Crippen molar-refractivity contribution in [3.63, 3.8) is 0 Å². The number of likely N-dealkylation sites (N-methyl/N-ethyl adjacent to an activating group) is 1. The summed E-state index contributed by atoms with van der Waals surface area (Å²) in [5, 5.41) is 6.57. The Balaban J connectivity index is 0.00000312. The first-order chi connectivity index (χ1) is 11.5. The van der Waals surface area contributed by atoms with Crippen molar-refractivity contribution >= 4 is 29.9 Å². The number of nitrogens with one attached hydrogen (secondary N) is 2. The molecular formula is C18H30FIN4O. The Kier molecular flexibility index (Phi) is 9.66. The van der Waals surface area contributed by atoms with E-state index < -0.39 is 0 Å². The van der Waals surface area contributed by atoms with Gasteiger partial charge in [-0.25, -0.2) is 4.39 Å². The van der Waals surface area contributed by atoms with Gasteiger partial charge in [0.15, 0.2) is 5.96 Å². The summed E-state index contributed by atoms with van der Waals surface area (Å²) >= 11 is 0. The van der Waals surface area contributed by atoms with Gasteiger partial charge in [-0.05, 0) is 45.0 Å². The average Bonchev–Trinajstić information content (AvgIpc) is 2.55. The largest absolute Gasteiger partial charge is 0.374 e. The predicted molar refractivity (Wildman–Crippen MR) is 111 cm³/mol. The Hall–Kier alpha value is -0.930. The highest BCUT2D eigenvalue weighted by atomic mass is 127. The first kappa shape index (κ1) is 22.1. The number of hydrogen-bond donors (Lipinski definition) is 2. The zero-order valence-corrected chi connectivity index (χ0v) is 17.8. The van der Waals surface area contributed by atoms with Gasteiger partial charge in [-0.15, -0.1) is 24.0 Å². The van der Waals surface area contributed by atoms with E-state index in [2.05, 4.69) is 27.6 Å². The van der Waals surface area contributed by atoms with E-state index in [1.165, 1.54) is 0 Å². The van der Waals surface area contributed by atoms with E-state index >= 15 is 0 Å². The second-order valence-electron chi connectivity index (χ2n) is 6.35. The molecule has 1 aromatic carbocycles. The minimum atomic E-state index is -0.179. The SMILES string of the molecule is CCNC(=NCC1CN(C)CCO1)NC(C)c1ccc(C)c(F)c1.I. The summed E-state index contributed by atoms with van der Waals surface area (Å²) < 4.78 is 19.5. The van der Waals surface area contributed by atoms with Gasteiger partial charge in [0.25, 0.3) is 0 Å². The third-order valence-electron chi connectivity index (χ3n) is 4.19. The van der Waals surface area contributed by atoms with Crippen molar-refractivity contribution in [3.8, 4) is 0 Å². The molecule has 1 aliphatic rings. The van der Waals surface area contributed by atoms with E-state index in [1.54, 1.807) is 19.1 Å². The second-order valence-corrected chi connectivity index (χ2v) is 6.35. The summed E-state index contributed by atoms with van der Waals surface area (Å²) in [6.07, 6.45) is 0.117. The number of benzene rings is 1. The number of halogens is 2. The van der Waals surface area contributed by atoms with Crippen LogP contribution in [-0.2, 0) is 4.74 Å². The number of ether oxygens (including phenoxy) is 1. The molecule has 0 radical (unpaired) electrons. The van der Waals surface area contributed by atoms with E-state index in [0.29, 0.717) is 12.1 Å². The Labute approximate surface area is 167 Å². The number of morpholine rings is 1. The third-order valence-corrected chi connectivity index (χ3v) is 4.19.